The quantitative estimate of drug-likeness (QED) is 0.587. The smallest absolute Gasteiger partial charge is 0.243 e. The number of carbonyl (C=O) groups is 2. The van der Waals surface area contributed by atoms with Gasteiger partial charge in [-0.3, -0.25) is 9.59 Å². The maximum Gasteiger partial charge on any atom is 0.243 e. The third-order valence-corrected chi connectivity index (χ3v) is 8.05. The minimum Gasteiger partial charge on any atom is -0.326 e. The second-order valence-corrected chi connectivity index (χ2v) is 10.2. The van der Waals surface area contributed by atoms with Gasteiger partial charge in [0.25, 0.3) is 0 Å². The summed E-state index contributed by atoms with van der Waals surface area (Å²) in [7, 11) is -3.66. The molecule has 8 nitrogen and oxygen atoms in total. The highest BCUT2D eigenvalue weighted by Crippen LogP contribution is 2.26. The van der Waals surface area contributed by atoms with Crippen molar-refractivity contribution in [1.82, 2.24) is 9.31 Å². The van der Waals surface area contributed by atoms with Crippen molar-refractivity contribution in [1.29, 1.82) is 0 Å². The van der Waals surface area contributed by atoms with Crippen LogP contribution < -0.4 is 5.32 Å². The molecule has 0 radical (unpaired) electrons. The molecule has 0 spiro atoms. The lowest BCUT2D eigenvalue weighted by atomic mass is 10.1. The molecule has 0 atom stereocenters. The van der Waals surface area contributed by atoms with Gasteiger partial charge in [-0.15, -0.1) is 0 Å². The lowest BCUT2D eigenvalue weighted by molar-refractivity contribution is -0.132. The van der Waals surface area contributed by atoms with Crippen LogP contribution in [0.4, 0.5) is 5.69 Å². The summed E-state index contributed by atoms with van der Waals surface area (Å²) in [5.74, 6) is -0.563. The number of hydrogen-bond donors (Lipinski definition) is 1. The van der Waals surface area contributed by atoms with E-state index in [0.717, 1.165) is 22.4 Å². The third-order valence-electron chi connectivity index (χ3n) is 6.02. The minimum atomic E-state index is -3.66. The van der Waals surface area contributed by atoms with Gasteiger partial charge in [-0.2, -0.15) is 9.41 Å². The van der Waals surface area contributed by atoms with Gasteiger partial charge in [0, 0.05) is 38.0 Å². The molecular formula is C25H32N4O4S. The second kappa shape index (κ2) is 10.9. The van der Waals surface area contributed by atoms with Crippen LogP contribution in [0.1, 0.15) is 49.8 Å². The van der Waals surface area contributed by atoms with Crippen LogP contribution in [0.15, 0.2) is 52.5 Å². The maximum absolute atomic E-state index is 12.9. The van der Waals surface area contributed by atoms with Crippen molar-refractivity contribution in [2.45, 2.75) is 51.9 Å². The van der Waals surface area contributed by atoms with Crippen LogP contribution in [0.2, 0.25) is 0 Å². The van der Waals surface area contributed by atoms with Gasteiger partial charge in [-0.05, 0) is 42.7 Å². The van der Waals surface area contributed by atoms with Crippen molar-refractivity contribution in [3.8, 4) is 0 Å². The average Bonchev–Trinajstić information content (AvgIpc) is 3.32. The molecule has 0 saturated heterocycles. The Morgan fingerprint density at radius 3 is 2.38 bits per heavy atom. The highest BCUT2D eigenvalue weighted by atomic mass is 32.2. The minimum absolute atomic E-state index is 0.0168. The Bertz CT molecular complexity index is 1190. The number of sulfonamides is 1. The molecule has 1 aliphatic heterocycles. The van der Waals surface area contributed by atoms with Crippen LogP contribution in [0.25, 0.3) is 0 Å². The zero-order valence-electron chi connectivity index (χ0n) is 20.2. The Morgan fingerprint density at radius 2 is 1.74 bits per heavy atom. The fraction of sp³-hybridized carbons (Fsp3) is 0.400. The van der Waals surface area contributed by atoms with E-state index < -0.39 is 10.0 Å². The first-order valence-electron chi connectivity index (χ1n) is 11.5. The van der Waals surface area contributed by atoms with Crippen molar-refractivity contribution < 1.29 is 18.0 Å². The predicted octanol–water partition coefficient (Wildman–Crippen LogP) is 3.69. The second-order valence-electron chi connectivity index (χ2n) is 8.23. The molecule has 1 heterocycles. The Balaban J connectivity index is 1.65. The van der Waals surface area contributed by atoms with Gasteiger partial charge in [0.1, 0.15) is 0 Å². The molecule has 2 aromatic carbocycles. The molecule has 34 heavy (non-hydrogen) atoms. The van der Waals surface area contributed by atoms with Gasteiger partial charge < -0.3 is 5.32 Å². The van der Waals surface area contributed by atoms with Crippen molar-refractivity contribution in [3.63, 3.8) is 0 Å². The topological polar surface area (TPSA) is 99.2 Å². The first-order valence-corrected chi connectivity index (χ1v) is 13.0. The van der Waals surface area contributed by atoms with E-state index in [9.17, 15) is 18.0 Å². The number of amides is 2. The molecule has 2 aromatic rings. The Labute approximate surface area is 201 Å². The molecular weight excluding hydrogens is 452 g/mol. The Hall–Kier alpha value is -3.04. The molecule has 3 rings (SSSR count). The SMILES string of the molecule is CCN(CC)S(=O)(=O)c1cc(C)c(C)c(NC(=O)CCC(=O)N2CCC(c3ccccc3)=N2)c1. The Morgan fingerprint density at radius 1 is 1.06 bits per heavy atom. The van der Waals surface area contributed by atoms with Crippen LogP contribution in [0, 0.1) is 13.8 Å². The summed E-state index contributed by atoms with van der Waals surface area (Å²) in [5.41, 5.74) is 3.83. The molecule has 9 heteroatoms. The van der Waals surface area contributed by atoms with Crippen LogP contribution in [0.5, 0.6) is 0 Å². The number of anilines is 1. The lowest BCUT2D eigenvalue weighted by Crippen LogP contribution is -2.30. The van der Waals surface area contributed by atoms with Crippen LogP contribution >= 0.6 is 0 Å². The standard InChI is InChI=1S/C25H32N4O4S/c1-5-28(6-2)34(32,33)21-16-18(3)19(4)23(17-21)26-24(30)12-13-25(31)29-15-14-22(27-29)20-10-8-7-9-11-20/h7-11,16-17H,5-6,12-15H2,1-4H3,(H,26,30). The van der Waals surface area contributed by atoms with Crippen LogP contribution in [0.3, 0.4) is 0 Å². The average molecular weight is 485 g/mol. The normalized spacial score (nSPS) is 13.8. The van der Waals surface area contributed by atoms with E-state index in [4.69, 9.17) is 0 Å². The van der Waals surface area contributed by atoms with E-state index >= 15 is 0 Å². The molecule has 0 bridgehead atoms. The maximum atomic E-state index is 12.9. The monoisotopic (exact) mass is 484 g/mol. The van der Waals surface area contributed by atoms with Gasteiger partial charge >= 0.3 is 0 Å². The first-order chi connectivity index (χ1) is 16.2. The van der Waals surface area contributed by atoms with E-state index in [1.54, 1.807) is 19.9 Å². The number of hydrogen-bond acceptors (Lipinski definition) is 5. The zero-order valence-corrected chi connectivity index (χ0v) is 21.0. The molecule has 0 fully saturated rings. The number of aryl methyl sites for hydroxylation is 1. The van der Waals surface area contributed by atoms with Crippen molar-refractivity contribution in [2.24, 2.45) is 5.10 Å². The van der Waals surface area contributed by atoms with E-state index in [0.29, 0.717) is 31.7 Å². The summed E-state index contributed by atoms with van der Waals surface area (Å²) in [4.78, 5) is 25.3. The zero-order chi connectivity index (χ0) is 24.9. The number of carbonyl (C=O) groups excluding carboxylic acids is 2. The molecule has 182 valence electrons. The first kappa shape index (κ1) is 25.6. The predicted molar refractivity (Wildman–Crippen MR) is 133 cm³/mol. The van der Waals surface area contributed by atoms with Gasteiger partial charge in [0.05, 0.1) is 17.2 Å². The molecule has 0 aromatic heterocycles. The fourth-order valence-electron chi connectivity index (χ4n) is 3.85. The molecule has 0 unspecified atom stereocenters. The van der Waals surface area contributed by atoms with E-state index in [2.05, 4.69) is 10.4 Å². The molecule has 0 aliphatic carbocycles. The van der Waals surface area contributed by atoms with E-state index in [1.165, 1.54) is 15.4 Å². The van der Waals surface area contributed by atoms with Gasteiger partial charge in [-0.25, -0.2) is 13.4 Å². The summed E-state index contributed by atoms with van der Waals surface area (Å²) in [5, 5.41) is 8.62. The van der Waals surface area contributed by atoms with Gasteiger partial charge in [-0.1, -0.05) is 44.2 Å². The summed E-state index contributed by atoms with van der Waals surface area (Å²) >= 11 is 0. The van der Waals surface area contributed by atoms with Gasteiger partial charge in [0.2, 0.25) is 21.8 Å². The summed E-state index contributed by atoms with van der Waals surface area (Å²) in [6.07, 6.45) is 0.679. The lowest BCUT2D eigenvalue weighted by Gasteiger charge is -2.20. The summed E-state index contributed by atoms with van der Waals surface area (Å²) in [6, 6.07) is 12.8. The van der Waals surface area contributed by atoms with E-state index in [-0.39, 0.29) is 29.6 Å². The van der Waals surface area contributed by atoms with Crippen LogP contribution in [-0.2, 0) is 19.6 Å². The molecule has 1 N–H and O–H groups in total. The number of nitrogens with zero attached hydrogens (tertiary/aromatic N) is 3. The number of benzene rings is 2. The number of rotatable bonds is 9. The van der Waals surface area contributed by atoms with Gasteiger partial charge in [0.15, 0.2) is 0 Å². The van der Waals surface area contributed by atoms with Crippen LogP contribution in [-0.4, -0.2) is 54.9 Å². The largest absolute Gasteiger partial charge is 0.326 e. The summed E-state index contributed by atoms with van der Waals surface area (Å²) in [6.45, 7) is 8.43. The highest BCUT2D eigenvalue weighted by molar-refractivity contribution is 7.89. The Kier molecular flexibility index (Phi) is 8.22. The highest BCUT2D eigenvalue weighted by Gasteiger charge is 2.24. The van der Waals surface area contributed by atoms with Crippen molar-refractivity contribution in [2.75, 3.05) is 25.0 Å². The molecule has 2 amide bonds. The molecule has 1 aliphatic rings. The number of nitrogens with one attached hydrogen (secondary N) is 1. The fourth-order valence-corrected chi connectivity index (χ4v) is 5.42. The summed E-state index contributed by atoms with van der Waals surface area (Å²) < 4.78 is 27.3. The van der Waals surface area contributed by atoms with Crippen molar-refractivity contribution in [3.05, 3.63) is 59.2 Å². The van der Waals surface area contributed by atoms with E-state index in [1.807, 2.05) is 44.2 Å². The number of hydrazone groups is 1. The molecule has 0 saturated carbocycles. The van der Waals surface area contributed by atoms with Crippen molar-refractivity contribution >= 4 is 33.2 Å². The third kappa shape index (κ3) is 5.71.